The SMILES string of the molecule is Cc1cc(C)n2nc(C(=O)N3CC(C(=O)O)C3)nc2n1. The highest BCUT2D eigenvalue weighted by molar-refractivity contribution is 5.92. The number of carboxylic acids is 1. The molecule has 0 spiro atoms. The maximum atomic E-state index is 12.1. The predicted molar refractivity (Wildman–Crippen MR) is 67.3 cm³/mol. The fraction of sp³-hybridized carbons (Fsp3) is 0.417. The highest BCUT2D eigenvalue weighted by Crippen LogP contribution is 2.18. The summed E-state index contributed by atoms with van der Waals surface area (Å²) in [6.45, 7) is 4.11. The van der Waals surface area contributed by atoms with Gasteiger partial charge in [-0.2, -0.15) is 4.98 Å². The highest BCUT2D eigenvalue weighted by Gasteiger charge is 2.37. The minimum Gasteiger partial charge on any atom is -0.481 e. The Morgan fingerprint density at radius 3 is 2.65 bits per heavy atom. The first kappa shape index (κ1) is 12.5. The molecule has 8 heteroatoms. The molecule has 104 valence electrons. The summed E-state index contributed by atoms with van der Waals surface area (Å²) < 4.78 is 1.51. The van der Waals surface area contributed by atoms with Crippen molar-refractivity contribution in [2.45, 2.75) is 13.8 Å². The van der Waals surface area contributed by atoms with Crippen LogP contribution < -0.4 is 0 Å². The summed E-state index contributed by atoms with van der Waals surface area (Å²) >= 11 is 0. The Morgan fingerprint density at radius 1 is 1.30 bits per heavy atom. The average Bonchev–Trinajstić information content (AvgIpc) is 2.70. The number of carboxylic acid groups (broad SMARTS) is 1. The van der Waals surface area contributed by atoms with Crippen LogP contribution in [0.4, 0.5) is 0 Å². The van der Waals surface area contributed by atoms with Crippen molar-refractivity contribution in [1.29, 1.82) is 0 Å². The second kappa shape index (κ2) is 4.26. The summed E-state index contributed by atoms with van der Waals surface area (Å²) in [5.74, 6) is -1.30. The van der Waals surface area contributed by atoms with Gasteiger partial charge in [0.2, 0.25) is 5.82 Å². The van der Waals surface area contributed by atoms with Crippen LogP contribution in [0.5, 0.6) is 0 Å². The van der Waals surface area contributed by atoms with E-state index in [1.54, 1.807) is 0 Å². The van der Waals surface area contributed by atoms with E-state index in [-0.39, 0.29) is 24.8 Å². The largest absolute Gasteiger partial charge is 0.481 e. The van der Waals surface area contributed by atoms with Gasteiger partial charge in [-0.25, -0.2) is 9.50 Å². The third-order valence-corrected chi connectivity index (χ3v) is 3.33. The molecule has 2 aromatic heterocycles. The van der Waals surface area contributed by atoms with Crippen molar-refractivity contribution in [3.63, 3.8) is 0 Å². The van der Waals surface area contributed by atoms with E-state index in [0.717, 1.165) is 11.4 Å². The van der Waals surface area contributed by atoms with Gasteiger partial charge in [-0.3, -0.25) is 9.59 Å². The van der Waals surface area contributed by atoms with Gasteiger partial charge in [0.25, 0.3) is 11.7 Å². The molecule has 0 aromatic carbocycles. The number of carbonyl (C=O) groups excluding carboxylic acids is 1. The lowest BCUT2D eigenvalue weighted by Gasteiger charge is -2.35. The van der Waals surface area contributed by atoms with Gasteiger partial charge in [0.15, 0.2) is 0 Å². The van der Waals surface area contributed by atoms with E-state index in [2.05, 4.69) is 15.1 Å². The molecule has 0 saturated carbocycles. The molecule has 1 amide bonds. The predicted octanol–water partition coefficient (Wildman–Crippen LogP) is -0.102. The zero-order valence-electron chi connectivity index (χ0n) is 11.1. The summed E-state index contributed by atoms with van der Waals surface area (Å²) in [5, 5.41) is 12.9. The molecule has 0 unspecified atom stereocenters. The Morgan fingerprint density at radius 2 is 2.00 bits per heavy atom. The number of likely N-dealkylation sites (tertiary alicyclic amines) is 1. The second-order valence-electron chi connectivity index (χ2n) is 4.93. The Labute approximate surface area is 114 Å². The van der Waals surface area contributed by atoms with Gasteiger partial charge in [-0.1, -0.05) is 0 Å². The molecule has 0 radical (unpaired) electrons. The maximum Gasteiger partial charge on any atom is 0.310 e. The summed E-state index contributed by atoms with van der Waals surface area (Å²) in [7, 11) is 0. The zero-order chi connectivity index (χ0) is 14.4. The van der Waals surface area contributed by atoms with Gasteiger partial charge in [-0.05, 0) is 19.9 Å². The van der Waals surface area contributed by atoms with E-state index in [0.29, 0.717) is 5.78 Å². The molecule has 2 aromatic rings. The Kier molecular flexibility index (Phi) is 2.66. The first-order valence-corrected chi connectivity index (χ1v) is 6.19. The van der Waals surface area contributed by atoms with E-state index in [1.165, 1.54) is 9.42 Å². The fourth-order valence-corrected chi connectivity index (χ4v) is 2.20. The van der Waals surface area contributed by atoms with Crippen molar-refractivity contribution in [3.8, 4) is 0 Å². The molecule has 0 bridgehead atoms. The number of rotatable bonds is 2. The number of aryl methyl sites for hydroxylation is 2. The molecule has 20 heavy (non-hydrogen) atoms. The molecule has 1 saturated heterocycles. The van der Waals surface area contributed by atoms with E-state index in [9.17, 15) is 9.59 Å². The summed E-state index contributed by atoms with van der Waals surface area (Å²) in [5.41, 5.74) is 1.64. The third kappa shape index (κ3) is 1.89. The van der Waals surface area contributed by atoms with Crippen molar-refractivity contribution in [2.24, 2.45) is 5.92 Å². The topological polar surface area (TPSA) is 101 Å². The quantitative estimate of drug-likeness (QED) is 0.821. The van der Waals surface area contributed by atoms with E-state index in [4.69, 9.17) is 5.11 Å². The van der Waals surface area contributed by atoms with Gasteiger partial charge in [0.05, 0.1) is 5.92 Å². The molecule has 1 N–H and O–H groups in total. The molecular formula is C12H13N5O3. The molecular weight excluding hydrogens is 262 g/mol. The minimum atomic E-state index is -0.884. The van der Waals surface area contributed by atoms with Gasteiger partial charge < -0.3 is 10.0 Å². The van der Waals surface area contributed by atoms with Crippen molar-refractivity contribution < 1.29 is 14.7 Å². The van der Waals surface area contributed by atoms with Crippen LogP contribution in [0.1, 0.15) is 22.0 Å². The van der Waals surface area contributed by atoms with Crippen LogP contribution >= 0.6 is 0 Å². The molecule has 8 nitrogen and oxygen atoms in total. The zero-order valence-corrected chi connectivity index (χ0v) is 11.1. The Balaban J connectivity index is 1.86. The van der Waals surface area contributed by atoms with Gasteiger partial charge in [0, 0.05) is 24.5 Å². The van der Waals surface area contributed by atoms with Crippen molar-refractivity contribution in [3.05, 3.63) is 23.3 Å². The average molecular weight is 275 g/mol. The number of fused-ring (bicyclic) bond motifs is 1. The van der Waals surface area contributed by atoms with E-state index >= 15 is 0 Å². The standard InChI is InChI=1S/C12H13N5O3/c1-6-3-7(2)17-12(13-6)14-9(15-17)10(18)16-4-8(5-16)11(19)20/h3,8H,4-5H2,1-2H3,(H,19,20). The summed E-state index contributed by atoms with van der Waals surface area (Å²) in [6, 6.07) is 1.85. The van der Waals surface area contributed by atoms with E-state index < -0.39 is 11.9 Å². The summed E-state index contributed by atoms with van der Waals surface area (Å²) in [6.07, 6.45) is 0. The van der Waals surface area contributed by atoms with Crippen LogP contribution in [-0.2, 0) is 4.79 Å². The Bertz CT molecular complexity index is 717. The number of aliphatic carboxylic acids is 1. The van der Waals surface area contributed by atoms with E-state index in [1.807, 2.05) is 19.9 Å². The van der Waals surface area contributed by atoms with Crippen molar-refractivity contribution in [2.75, 3.05) is 13.1 Å². The van der Waals surface area contributed by atoms with Gasteiger partial charge in [-0.15, -0.1) is 5.10 Å². The number of hydrogen-bond donors (Lipinski definition) is 1. The minimum absolute atomic E-state index is 0.0510. The van der Waals surface area contributed by atoms with Crippen LogP contribution in [0.15, 0.2) is 6.07 Å². The molecule has 3 heterocycles. The highest BCUT2D eigenvalue weighted by atomic mass is 16.4. The van der Waals surface area contributed by atoms with Crippen LogP contribution in [-0.4, -0.2) is 54.6 Å². The lowest BCUT2D eigenvalue weighted by Crippen LogP contribution is -2.53. The molecule has 3 rings (SSSR count). The van der Waals surface area contributed by atoms with Gasteiger partial charge >= 0.3 is 5.97 Å². The third-order valence-electron chi connectivity index (χ3n) is 3.33. The number of carbonyl (C=O) groups is 2. The normalized spacial score (nSPS) is 15.4. The molecule has 1 aliphatic rings. The summed E-state index contributed by atoms with van der Waals surface area (Å²) in [4.78, 5) is 32.6. The van der Waals surface area contributed by atoms with Crippen molar-refractivity contribution in [1.82, 2.24) is 24.5 Å². The second-order valence-corrected chi connectivity index (χ2v) is 4.93. The van der Waals surface area contributed by atoms with Crippen molar-refractivity contribution >= 4 is 17.7 Å². The Hall–Kier alpha value is -2.51. The number of amides is 1. The lowest BCUT2D eigenvalue weighted by molar-refractivity contribution is -0.146. The monoisotopic (exact) mass is 275 g/mol. The number of aromatic nitrogens is 4. The van der Waals surface area contributed by atoms with Crippen LogP contribution in [0.2, 0.25) is 0 Å². The number of nitrogens with zero attached hydrogens (tertiary/aromatic N) is 5. The van der Waals surface area contributed by atoms with Gasteiger partial charge in [0.1, 0.15) is 0 Å². The molecule has 1 fully saturated rings. The smallest absolute Gasteiger partial charge is 0.310 e. The first-order chi connectivity index (χ1) is 9.45. The molecule has 0 aliphatic carbocycles. The lowest BCUT2D eigenvalue weighted by atomic mass is 10.0. The van der Waals surface area contributed by atoms with Crippen LogP contribution in [0, 0.1) is 19.8 Å². The first-order valence-electron chi connectivity index (χ1n) is 6.19. The fourth-order valence-electron chi connectivity index (χ4n) is 2.20. The molecule has 0 atom stereocenters. The molecule has 1 aliphatic heterocycles. The van der Waals surface area contributed by atoms with Crippen LogP contribution in [0.3, 0.4) is 0 Å². The van der Waals surface area contributed by atoms with Crippen LogP contribution in [0.25, 0.3) is 5.78 Å². The maximum absolute atomic E-state index is 12.1. The number of hydrogen-bond acceptors (Lipinski definition) is 5.